The predicted molar refractivity (Wildman–Crippen MR) is 69.9 cm³/mol. The SMILES string of the molecule is Cc1cnc(Cl)c(NC(=O)c2cc(C)nn2C)c1. The summed E-state index contributed by atoms with van der Waals surface area (Å²) in [6.45, 7) is 3.71. The first kappa shape index (κ1) is 12.6. The van der Waals surface area contributed by atoms with E-state index in [-0.39, 0.29) is 11.1 Å². The highest BCUT2D eigenvalue weighted by Crippen LogP contribution is 2.20. The average Bonchev–Trinajstić information content (AvgIpc) is 2.63. The highest BCUT2D eigenvalue weighted by atomic mass is 35.5. The number of anilines is 1. The molecule has 1 N–H and O–H groups in total. The van der Waals surface area contributed by atoms with Crippen molar-refractivity contribution in [1.29, 1.82) is 0 Å². The number of amides is 1. The Hall–Kier alpha value is -1.88. The van der Waals surface area contributed by atoms with Gasteiger partial charge < -0.3 is 5.32 Å². The summed E-state index contributed by atoms with van der Waals surface area (Å²) in [5.41, 5.74) is 2.69. The molecular formula is C12H13ClN4O. The van der Waals surface area contributed by atoms with E-state index in [9.17, 15) is 4.79 Å². The largest absolute Gasteiger partial charge is 0.318 e. The van der Waals surface area contributed by atoms with E-state index in [1.165, 1.54) is 4.68 Å². The number of aromatic nitrogens is 3. The van der Waals surface area contributed by atoms with E-state index < -0.39 is 0 Å². The molecule has 0 aliphatic rings. The van der Waals surface area contributed by atoms with Gasteiger partial charge in [0, 0.05) is 13.2 Å². The first-order valence-electron chi connectivity index (χ1n) is 5.41. The van der Waals surface area contributed by atoms with Gasteiger partial charge >= 0.3 is 0 Å². The summed E-state index contributed by atoms with van der Waals surface area (Å²) < 4.78 is 1.53. The Morgan fingerprint density at radius 1 is 1.39 bits per heavy atom. The number of aryl methyl sites for hydroxylation is 3. The lowest BCUT2D eigenvalue weighted by Crippen LogP contribution is -2.16. The van der Waals surface area contributed by atoms with Gasteiger partial charge in [0.05, 0.1) is 11.4 Å². The van der Waals surface area contributed by atoms with Gasteiger partial charge in [-0.2, -0.15) is 5.10 Å². The van der Waals surface area contributed by atoms with Crippen molar-refractivity contribution in [2.45, 2.75) is 13.8 Å². The van der Waals surface area contributed by atoms with Crippen molar-refractivity contribution in [3.8, 4) is 0 Å². The third kappa shape index (κ3) is 2.51. The summed E-state index contributed by atoms with van der Waals surface area (Å²) in [4.78, 5) is 16.0. The van der Waals surface area contributed by atoms with Gasteiger partial charge in [-0.3, -0.25) is 9.48 Å². The second kappa shape index (κ2) is 4.78. The molecule has 18 heavy (non-hydrogen) atoms. The van der Waals surface area contributed by atoms with Gasteiger partial charge in [0.25, 0.3) is 5.91 Å². The molecule has 6 heteroatoms. The van der Waals surface area contributed by atoms with E-state index in [1.54, 1.807) is 25.4 Å². The predicted octanol–water partition coefficient (Wildman–Crippen LogP) is 2.34. The van der Waals surface area contributed by atoms with E-state index in [0.29, 0.717) is 11.4 Å². The monoisotopic (exact) mass is 264 g/mol. The molecule has 0 atom stereocenters. The van der Waals surface area contributed by atoms with Gasteiger partial charge in [-0.05, 0) is 31.5 Å². The summed E-state index contributed by atoms with van der Waals surface area (Å²) in [7, 11) is 1.72. The van der Waals surface area contributed by atoms with Gasteiger partial charge in [0.15, 0.2) is 5.15 Å². The van der Waals surface area contributed by atoms with Crippen LogP contribution in [0.25, 0.3) is 0 Å². The minimum Gasteiger partial charge on any atom is -0.318 e. The van der Waals surface area contributed by atoms with Crippen molar-refractivity contribution >= 4 is 23.2 Å². The molecule has 0 saturated heterocycles. The standard InChI is InChI=1S/C12H13ClN4O/c1-7-4-9(11(13)14-6-7)15-12(18)10-5-8(2)16-17(10)3/h4-6H,1-3H3,(H,15,18). The molecule has 0 radical (unpaired) electrons. The topological polar surface area (TPSA) is 59.8 Å². The van der Waals surface area contributed by atoms with Crippen LogP contribution < -0.4 is 5.32 Å². The van der Waals surface area contributed by atoms with E-state index in [1.807, 2.05) is 13.8 Å². The van der Waals surface area contributed by atoms with E-state index in [2.05, 4.69) is 15.4 Å². The molecule has 2 heterocycles. The van der Waals surface area contributed by atoms with Crippen LogP contribution in [0, 0.1) is 13.8 Å². The van der Waals surface area contributed by atoms with Gasteiger partial charge in [-0.25, -0.2) is 4.98 Å². The zero-order valence-electron chi connectivity index (χ0n) is 10.4. The molecule has 0 aliphatic carbocycles. The minimum atomic E-state index is -0.257. The van der Waals surface area contributed by atoms with Crippen LogP contribution >= 0.6 is 11.6 Å². The van der Waals surface area contributed by atoms with Crippen LogP contribution in [0.4, 0.5) is 5.69 Å². The zero-order chi connectivity index (χ0) is 13.3. The molecule has 0 saturated carbocycles. The van der Waals surface area contributed by atoms with Gasteiger partial charge in [-0.15, -0.1) is 0 Å². The fourth-order valence-electron chi connectivity index (χ4n) is 1.65. The number of halogens is 1. The van der Waals surface area contributed by atoms with Crippen molar-refractivity contribution < 1.29 is 4.79 Å². The molecule has 0 aliphatic heterocycles. The third-order valence-electron chi connectivity index (χ3n) is 2.46. The number of nitrogens with one attached hydrogen (secondary N) is 1. The maximum atomic E-state index is 12.1. The van der Waals surface area contributed by atoms with Crippen molar-refractivity contribution in [1.82, 2.24) is 14.8 Å². The van der Waals surface area contributed by atoms with E-state index in [4.69, 9.17) is 11.6 Å². The second-order valence-electron chi connectivity index (χ2n) is 4.10. The van der Waals surface area contributed by atoms with E-state index >= 15 is 0 Å². The molecule has 2 aromatic rings. The molecule has 0 bridgehead atoms. The second-order valence-corrected chi connectivity index (χ2v) is 4.46. The van der Waals surface area contributed by atoms with Crippen molar-refractivity contribution in [2.75, 3.05) is 5.32 Å². The fourth-order valence-corrected chi connectivity index (χ4v) is 1.80. The molecular weight excluding hydrogens is 252 g/mol. The lowest BCUT2D eigenvalue weighted by molar-refractivity contribution is 0.101. The molecule has 2 rings (SSSR count). The highest BCUT2D eigenvalue weighted by molar-refractivity contribution is 6.32. The van der Waals surface area contributed by atoms with Gasteiger partial charge in [-0.1, -0.05) is 11.6 Å². The smallest absolute Gasteiger partial charge is 0.274 e. The summed E-state index contributed by atoms with van der Waals surface area (Å²) in [5.74, 6) is -0.257. The number of rotatable bonds is 2. The zero-order valence-corrected chi connectivity index (χ0v) is 11.1. The Morgan fingerprint density at radius 2 is 2.11 bits per heavy atom. The third-order valence-corrected chi connectivity index (χ3v) is 2.76. The normalized spacial score (nSPS) is 10.4. The van der Waals surface area contributed by atoms with Crippen LogP contribution in [-0.2, 0) is 7.05 Å². The number of nitrogens with zero attached hydrogens (tertiary/aromatic N) is 3. The first-order chi connectivity index (χ1) is 8.47. The maximum absolute atomic E-state index is 12.1. The first-order valence-corrected chi connectivity index (χ1v) is 5.79. The van der Waals surface area contributed by atoms with E-state index in [0.717, 1.165) is 11.3 Å². The Balaban J connectivity index is 2.26. The lowest BCUT2D eigenvalue weighted by atomic mass is 10.3. The molecule has 1 amide bonds. The Bertz CT molecular complexity index is 606. The fraction of sp³-hybridized carbons (Fsp3) is 0.250. The van der Waals surface area contributed by atoms with Crippen LogP contribution in [0.3, 0.4) is 0 Å². The maximum Gasteiger partial charge on any atom is 0.274 e. The number of hydrogen-bond acceptors (Lipinski definition) is 3. The average molecular weight is 265 g/mol. The molecule has 0 unspecified atom stereocenters. The molecule has 94 valence electrons. The minimum absolute atomic E-state index is 0.257. The highest BCUT2D eigenvalue weighted by Gasteiger charge is 2.13. The Morgan fingerprint density at radius 3 is 2.72 bits per heavy atom. The number of hydrogen-bond donors (Lipinski definition) is 1. The quantitative estimate of drug-likeness (QED) is 0.847. The molecule has 0 spiro atoms. The van der Waals surface area contributed by atoms with Crippen LogP contribution in [-0.4, -0.2) is 20.7 Å². The van der Waals surface area contributed by atoms with Crippen molar-refractivity contribution in [3.63, 3.8) is 0 Å². The van der Waals surface area contributed by atoms with Crippen LogP contribution in [0.15, 0.2) is 18.3 Å². The Labute approximate surface area is 110 Å². The van der Waals surface area contributed by atoms with Gasteiger partial charge in [0.2, 0.25) is 0 Å². The summed E-state index contributed by atoms with van der Waals surface area (Å²) in [6, 6.07) is 3.49. The molecule has 5 nitrogen and oxygen atoms in total. The summed E-state index contributed by atoms with van der Waals surface area (Å²) in [5, 5.41) is 7.12. The number of pyridine rings is 1. The van der Waals surface area contributed by atoms with Crippen molar-refractivity contribution in [3.05, 3.63) is 40.4 Å². The Kier molecular flexibility index (Phi) is 3.34. The summed E-state index contributed by atoms with van der Waals surface area (Å²) >= 11 is 5.92. The number of carbonyl (C=O) groups is 1. The molecule has 2 aromatic heterocycles. The van der Waals surface area contributed by atoms with Crippen LogP contribution in [0.5, 0.6) is 0 Å². The molecule has 0 aromatic carbocycles. The molecule has 0 fully saturated rings. The number of carbonyl (C=O) groups excluding carboxylic acids is 1. The van der Waals surface area contributed by atoms with Crippen molar-refractivity contribution in [2.24, 2.45) is 7.05 Å². The summed E-state index contributed by atoms with van der Waals surface area (Å²) in [6.07, 6.45) is 1.65. The lowest BCUT2D eigenvalue weighted by Gasteiger charge is -2.07. The van der Waals surface area contributed by atoms with Crippen LogP contribution in [0.2, 0.25) is 5.15 Å². The van der Waals surface area contributed by atoms with Crippen LogP contribution in [0.1, 0.15) is 21.7 Å². The van der Waals surface area contributed by atoms with Gasteiger partial charge in [0.1, 0.15) is 5.69 Å².